The minimum Gasteiger partial charge on any atom is -0.396 e. The minimum absolute atomic E-state index is 0.170. The Morgan fingerprint density at radius 1 is 1.44 bits per heavy atom. The number of hydrogen-bond donors (Lipinski definition) is 2. The monoisotopic (exact) mass is 303 g/mol. The van der Waals surface area contributed by atoms with Gasteiger partial charge in [-0.25, -0.2) is 0 Å². The van der Waals surface area contributed by atoms with Crippen molar-refractivity contribution in [1.29, 1.82) is 0 Å². The van der Waals surface area contributed by atoms with Crippen LogP contribution in [0.4, 0.5) is 0 Å². The van der Waals surface area contributed by atoms with Gasteiger partial charge in [-0.15, -0.1) is 0 Å². The summed E-state index contributed by atoms with van der Waals surface area (Å²) in [6.45, 7) is 2.01. The summed E-state index contributed by atoms with van der Waals surface area (Å²) in [5, 5.41) is 13.3. The quantitative estimate of drug-likeness (QED) is 0.876. The van der Waals surface area contributed by atoms with E-state index in [2.05, 4.69) is 21.2 Å². The molecule has 0 heterocycles. The second kappa shape index (κ2) is 5.05. The predicted molar refractivity (Wildman–Crippen MR) is 69.6 cm³/mol. The number of hydrogen-bond acceptors (Lipinski definition) is 2. The van der Waals surface area contributed by atoms with Crippen molar-refractivity contribution in [2.75, 3.05) is 13.2 Å². The third-order valence-electron chi connectivity index (χ3n) is 3.11. The molecule has 0 unspecified atom stereocenters. The summed E-state index contributed by atoms with van der Waals surface area (Å²) in [5.41, 5.74) is 1.37. The van der Waals surface area contributed by atoms with E-state index in [0.29, 0.717) is 6.61 Å². The number of aliphatic hydroxyl groups is 1. The van der Waals surface area contributed by atoms with Crippen LogP contribution in [0.15, 0.2) is 22.7 Å². The van der Waals surface area contributed by atoms with Gasteiger partial charge in [-0.05, 0) is 46.5 Å². The molecule has 0 spiro atoms. The van der Waals surface area contributed by atoms with Crippen LogP contribution in [0.2, 0.25) is 5.02 Å². The molecule has 88 valence electrons. The van der Waals surface area contributed by atoms with Gasteiger partial charge in [-0.1, -0.05) is 17.7 Å². The largest absolute Gasteiger partial charge is 0.396 e. The first-order valence-corrected chi connectivity index (χ1v) is 6.58. The van der Waals surface area contributed by atoms with Crippen molar-refractivity contribution in [3.05, 3.63) is 33.3 Å². The molecule has 1 aromatic carbocycles. The summed E-state index contributed by atoms with van der Waals surface area (Å²) in [7, 11) is 0. The average molecular weight is 305 g/mol. The van der Waals surface area contributed by atoms with Crippen molar-refractivity contribution >= 4 is 27.5 Å². The Morgan fingerprint density at radius 2 is 2.19 bits per heavy atom. The van der Waals surface area contributed by atoms with E-state index in [1.54, 1.807) is 0 Å². The average Bonchev–Trinajstić information content (AvgIpc) is 3.04. The fourth-order valence-corrected chi connectivity index (χ4v) is 2.23. The number of nitrogens with one attached hydrogen (secondary N) is 1. The molecule has 2 nitrogen and oxygen atoms in total. The molecule has 0 aromatic heterocycles. The van der Waals surface area contributed by atoms with Gasteiger partial charge in [-0.3, -0.25) is 0 Å². The standard InChI is InChI=1S/C12H15BrClNO/c13-10-5-9(1-2-11(10)14)6-15-7-12(8-16)3-4-12/h1-2,5,15-16H,3-4,6-8H2. The number of benzene rings is 1. The Kier molecular flexibility index (Phi) is 3.90. The molecular weight excluding hydrogens is 289 g/mol. The number of halogens is 2. The summed E-state index contributed by atoms with van der Waals surface area (Å²) in [6, 6.07) is 5.92. The summed E-state index contributed by atoms with van der Waals surface area (Å²) in [4.78, 5) is 0. The first-order valence-electron chi connectivity index (χ1n) is 5.41. The SMILES string of the molecule is OCC1(CNCc2ccc(Cl)c(Br)c2)CC1. The molecule has 1 aliphatic rings. The van der Waals surface area contributed by atoms with E-state index in [9.17, 15) is 0 Å². The number of rotatable bonds is 5. The Hall–Kier alpha value is -0.0900. The van der Waals surface area contributed by atoms with Crippen LogP contribution in [0.1, 0.15) is 18.4 Å². The summed E-state index contributed by atoms with van der Waals surface area (Å²) >= 11 is 9.32. The Labute approximate surface area is 109 Å². The van der Waals surface area contributed by atoms with Crippen molar-refractivity contribution in [3.8, 4) is 0 Å². The van der Waals surface area contributed by atoms with Crippen molar-refractivity contribution in [2.45, 2.75) is 19.4 Å². The van der Waals surface area contributed by atoms with Gasteiger partial charge >= 0.3 is 0 Å². The predicted octanol–water partition coefficient (Wildman–Crippen LogP) is 2.96. The lowest BCUT2D eigenvalue weighted by molar-refractivity contribution is 0.207. The maximum absolute atomic E-state index is 9.17. The molecule has 4 heteroatoms. The maximum Gasteiger partial charge on any atom is 0.0548 e. The van der Waals surface area contributed by atoms with Gasteiger partial charge in [0.05, 0.1) is 5.02 Å². The van der Waals surface area contributed by atoms with Gasteiger partial charge in [0.1, 0.15) is 0 Å². The first-order chi connectivity index (χ1) is 7.65. The molecule has 0 aliphatic heterocycles. The van der Waals surface area contributed by atoms with Crippen molar-refractivity contribution < 1.29 is 5.11 Å². The third kappa shape index (κ3) is 2.98. The Bertz CT molecular complexity index is 379. The molecule has 1 saturated carbocycles. The minimum atomic E-state index is 0.170. The molecule has 1 aliphatic carbocycles. The molecule has 16 heavy (non-hydrogen) atoms. The zero-order valence-corrected chi connectivity index (χ0v) is 11.3. The van der Waals surface area contributed by atoms with Crippen molar-refractivity contribution in [2.24, 2.45) is 5.41 Å². The van der Waals surface area contributed by atoms with E-state index < -0.39 is 0 Å². The molecule has 2 N–H and O–H groups in total. The molecule has 0 amide bonds. The van der Waals surface area contributed by atoms with Crippen LogP contribution in [0.25, 0.3) is 0 Å². The molecular formula is C12H15BrClNO. The van der Waals surface area contributed by atoms with Gasteiger partial charge in [0, 0.05) is 29.6 Å². The van der Waals surface area contributed by atoms with Crippen LogP contribution < -0.4 is 5.32 Å². The van der Waals surface area contributed by atoms with Gasteiger partial charge in [0.15, 0.2) is 0 Å². The summed E-state index contributed by atoms with van der Waals surface area (Å²) < 4.78 is 0.928. The molecule has 0 saturated heterocycles. The lowest BCUT2D eigenvalue weighted by Crippen LogP contribution is -2.26. The first kappa shape index (κ1) is 12.4. The van der Waals surface area contributed by atoms with Crippen molar-refractivity contribution in [1.82, 2.24) is 5.32 Å². The summed E-state index contributed by atoms with van der Waals surface area (Å²) in [5.74, 6) is 0. The van der Waals surface area contributed by atoms with E-state index in [4.69, 9.17) is 16.7 Å². The van der Waals surface area contributed by atoms with Crippen LogP contribution in [0, 0.1) is 5.41 Å². The van der Waals surface area contributed by atoms with E-state index in [-0.39, 0.29) is 5.41 Å². The Morgan fingerprint density at radius 3 is 2.75 bits per heavy atom. The second-order valence-corrected chi connectivity index (χ2v) is 5.77. The molecule has 0 radical (unpaired) electrons. The topological polar surface area (TPSA) is 32.3 Å². The van der Waals surface area contributed by atoms with E-state index >= 15 is 0 Å². The number of aliphatic hydroxyl groups excluding tert-OH is 1. The van der Waals surface area contributed by atoms with E-state index in [1.807, 2.05) is 18.2 Å². The summed E-state index contributed by atoms with van der Waals surface area (Å²) in [6.07, 6.45) is 2.28. The van der Waals surface area contributed by atoms with E-state index in [0.717, 1.165) is 35.4 Å². The second-order valence-electron chi connectivity index (χ2n) is 4.51. The normalized spacial score (nSPS) is 17.4. The van der Waals surface area contributed by atoms with Gasteiger partial charge in [-0.2, -0.15) is 0 Å². The zero-order valence-electron chi connectivity index (χ0n) is 8.97. The molecule has 1 fully saturated rings. The fraction of sp³-hybridized carbons (Fsp3) is 0.500. The lowest BCUT2D eigenvalue weighted by Gasteiger charge is -2.12. The lowest BCUT2D eigenvalue weighted by atomic mass is 10.1. The molecule has 1 aromatic rings. The highest BCUT2D eigenvalue weighted by Gasteiger charge is 2.41. The fourth-order valence-electron chi connectivity index (χ4n) is 1.69. The molecule has 2 rings (SSSR count). The zero-order chi connectivity index (χ0) is 11.6. The van der Waals surface area contributed by atoms with Crippen molar-refractivity contribution in [3.63, 3.8) is 0 Å². The van der Waals surface area contributed by atoms with Gasteiger partial charge in [0.25, 0.3) is 0 Å². The highest BCUT2D eigenvalue weighted by atomic mass is 79.9. The highest BCUT2D eigenvalue weighted by Crippen LogP contribution is 2.44. The van der Waals surface area contributed by atoms with E-state index in [1.165, 1.54) is 5.56 Å². The van der Waals surface area contributed by atoms with Gasteiger partial charge in [0.2, 0.25) is 0 Å². The van der Waals surface area contributed by atoms with Crippen LogP contribution in [-0.4, -0.2) is 18.3 Å². The third-order valence-corrected chi connectivity index (χ3v) is 4.32. The van der Waals surface area contributed by atoms with Crippen LogP contribution >= 0.6 is 27.5 Å². The molecule has 0 bridgehead atoms. The van der Waals surface area contributed by atoms with Crippen LogP contribution in [0.5, 0.6) is 0 Å². The highest BCUT2D eigenvalue weighted by molar-refractivity contribution is 9.10. The Balaban J connectivity index is 1.83. The van der Waals surface area contributed by atoms with Crippen LogP contribution in [-0.2, 0) is 6.54 Å². The maximum atomic E-state index is 9.17. The molecule has 0 atom stereocenters. The van der Waals surface area contributed by atoms with Gasteiger partial charge < -0.3 is 10.4 Å². The smallest absolute Gasteiger partial charge is 0.0548 e. The van der Waals surface area contributed by atoms with Crippen LogP contribution in [0.3, 0.4) is 0 Å².